The monoisotopic (exact) mass is 769 g/mol. The van der Waals surface area contributed by atoms with Gasteiger partial charge in [0.1, 0.15) is 35.1 Å². The zero-order valence-corrected chi connectivity index (χ0v) is 30.7. The number of hydrogen-bond donors (Lipinski definition) is 3. The van der Waals surface area contributed by atoms with E-state index in [1.165, 1.54) is 17.0 Å². The molecule has 53 heavy (non-hydrogen) atoms. The molecule has 2 saturated carbocycles. The third kappa shape index (κ3) is 8.83. The highest BCUT2D eigenvalue weighted by atomic mass is 32.2. The van der Waals surface area contributed by atoms with E-state index in [1.807, 2.05) is 0 Å². The number of halogens is 3. The van der Waals surface area contributed by atoms with E-state index in [0.29, 0.717) is 24.0 Å². The minimum atomic E-state index is -4.03. The second-order valence-electron chi connectivity index (χ2n) is 15.9. The minimum Gasteiger partial charge on any atom is -0.444 e. The van der Waals surface area contributed by atoms with E-state index in [2.05, 4.69) is 15.4 Å². The normalized spacial score (nSPS) is 29.0. The summed E-state index contributed by atoms with van der Waals surface area (Å²) in [7, 11) is -4.03. The molecule has 14 nitrogen and oxygen atoms in total. The zero-order chi connectivity index (χ0) is 38.5. The molecule has 4 fully saturated rings. The van der Waals surface area contributed by atoms with Crippen molar-refractivity contribution in [3.63, 3.8) is 0 Å². The van der Waals surface area contributed by atoms with Crippen LogP contribution in [-0.2, 0) is 47.0 Å². The number of fused-ring (bicyclic) bond motifs is 3. The Morgan fingerprint density at radius 2 is 1.72 bits per heavy atom. The van der Waals surface area contributed by atoms with Gasteiger partial charge in [0, 0.05) is 31.4 Å². The largest absolute Gasteiger partial charge is 0.444 e. The van der Waals surface area contributed by atoms with Crippen molar-refractivity contribution in [2.75, 3.05) is 6.54 Å². The molecule has 3 aliphatic heterocycles. The maximum atomic E-state index is 15.1. The molecule has 1 aromatic carbocycles. The first-order chi connectivity index (χ1) is 24.8. The molecule has 5 amide bonds. The lowest BCUT2D eigenvalue weighted by Gasteiger charge is -2.30. The number of nitrogens with one attached hydrogen (secondary N) is 3. The maximum Gasteiger partial charge on any atom is 0.410 e. The standard InChI is InChI=1S/C35H46F3N5O9S/c1-33(2,3)52-31(47)39-26-10-6-14-34(37,38)13-5-8-21-16-35(21,30(46)41-53(49,50)23-11-12-23)40-28(44)27-15-22(18-43(27)29(26)45)51-32(48)42-17-20-7-4-9-25(36)24(20)19-42/h4,7,9,21-23,26-27H,5-6,8,10-19H2,1-3H3,(H,39,47)(H,40,44)(H,41,46)/t21-,22-,26-,27+,35-/m1/s1. The molecule has 0 spiro atoms. The Kier molecular flexibility index (Phi) is 10.4. The van der Waals surface area contributed by atoms with Gasteiger partial charge in [-0.1, -0.05) is 12.1 Å². The molecule has 5 atom stereocenters. The number of sulfonamides is 1. The number of amides is 5. The lowest BCUT2D eigenvalue weighted by Crippen LogP contribution is -2.58. The van der Waals surface area contributed by atoms with Gasteiger partial charge in [0.25, 0.3) is 5.91 Å². The van der Waals surface area contributed by atoms with Gasteiger partial charge in [-0.15, -0.1) is 0 Å². The smallest absolute Gasteiger partial charge is 0.410 e. The summed E-state index contributed by atoms with van der Waals surface area (Å²) in [5.74, 6) is -6.93. The molecule has 0 unspecified atom stereocenters. The number of alkyl carbamates (subject to hydrolysis) is 1. The Morgan fingerprint density at radius 3 is 2.38 bits per heavy atom. The summed E-state index contributed by atoms with van der Waals surface area (Å²) in [5, 5.41) is 4.38. The number of benzene rings is 1. The number of carbonyl (C=O) groups is 5. The highest BCUT2D eigenvalue weighted by Gasteiger charge is 2.62. The average molecular weight is 770 g/mol. The first kappa shape index (κ1) is 38.6. The van der Waals surface area contributed by atoms with Crippen LogP contribution in [0.5, 0.6) is 0 Å². The number of hydrogen-bond acceptors (Lipinski definition) is 9. The summed E-state index contributed by atoms with van der Waals surface area (Å²) < 4.78 is 83.1. The molecule has 292 valence electrons. The molecule has 3 heterocycles. The molecular weight excluding hydrogens is 723 g/mol. The van der Waals surface area contributed by atoms with Crippen molar-refractivity contribution in [3.05, 3.63) is 35.1 Å². The van der Waals surface area contributed by atoms with Crippen LogP contribution in [0.25, 0.3) is 0 Å². The van der Waals surface area contributed by atoms with Gasteiger partial charge in [0.15, 0.2) is 0 Å². The number of carbonyl (C=O) groups excluding carboxylic acids is 5. The Balaban J connectivity index is 1.27. The Bertz CT molecular complexity index is 1770. The minimum absolute atomic E-state index is 0.00961. The molecule has 18 heteroatoms. The summed E-state index contributed by atoms with van der Waals surface area (Å²) in [4.78, 5) is 70.5. The van der Waals surface area contributed by atoms with Crippen LogP contribution in [0.15, 0.2) is 18.2 Å². The zero-order valence-electron chi connectivity index (χ0n) is 29.9. The van der Waals surface area contributed by atoms with Crippen molar-refractivity contribution in [2.24, 2.45) is 5.92 Å². The van der Waals surface area contributed by atoms with Crippen LogP contribution in [0.1, 0.15) is 96.1 Å². The van der Waals surface area contributed by atoms with Crippen molar-refractivity contribution in [1.29, 1.82) is 0 Å². The van der Waals surface area contributed by atoms with Crippen molar-refractivity contribution >= 4 is 39.9 Å². The Morgan fingerprint density at radius 1 is 1.02 bits per heavy atom. The molecule has 3 N–H and O–H groups in total. The molecular formula is C35H46F3N5O9S. The van der Waals surface area contributed by atoms with Gasteiger partial charge in [0.05, 0.1) is 18.3 Å². The molecule has 2 saturated heterocycles. The van der Waals surface area contributed by atoms with Crippen LogP contribution in [0.3, 0.4) is 0 Å². The second-order valence-corrected chi connectivity index (χ2v) is 17.8. The van der Waals surface area contributed by atoms with Crippen molar-refractivity contribution in [3.8, 4) is 0 Å². The Labute approximate surface area is 305 Å². The van der Waals surface area contributed by atoms with Crippen LogP contribution in [-0.4, -0.2) is 95.2 Å². The first-order valence-electron chi connectivity index (χ1n) is 18.0. The summed E-state index contributed by atoms with van der Waals surface area (Å²) in [6, 6.07) is 1.70. The van der Waals surface area contributed by atoms with Crippen LogP contribution in [0.2, 0.25) is 0 Å². The maximum absolute atomic E-state index is 15.1. The summed E-state index contributed by atoms with van der Waals surface area (Å²) in [6.45, 7) is 4.48. The fourth-order valence-corrected chi connectivity index (χ4v) is 8.82. The summed E-state index contributed by atoms with van der Waals surface area (Å²) in [5.41, 5.74) is -1.76. The van der Waals surface area contributed by atoms with E-state index >= 15 is 8.78 Å². The van der Waals surface area contributed by atoms with E-state index in [1.54, 1.807) is 26.8 Å². The van der Waals surface area contributed by atoms with E-state index < -0.39 is 105 Å². The predicted octanol–water partition coefficient (Wildman–Crippen LogP) is 3.61. The molecule has 2 aliphatic carbocycles. The molecule has 0 bridgehead atoms. The van der Waals surface area contributed by atoms with Gasteiger partial charge in [-0.2, -0.15) is 0 Å². The van der Waals surface area contributed by atoms with Crippen LogP contribution >= 0.6 is 0 Å². The van der Waals surface area contributed by atoms with Gasteiger partial charge < -0.3 is 25.0 Å². The molecule has 6 rings (SSSR count). The second kappa shape index (κ2) is 14.3. The summed E-state index contributed by atoms with van der Waals surface area (Å²) in [6.07, 6.45) is -3.86. The number of nitrogens with zero attached hydrogens (tertiary/aromatic N) is 2. The van der Waals surface area contributed by atoms with Gasteiger partial charge >= 0.3 is 12.2 Å². The van der Waals surface area contributed by atoms with Gasteiger partial charge in [0.2, 0.25) is 27.8 Å². The fraction of sp³-hybridized carbons (Fsp3) is 0.686. The van der Waals surface area contributed by atoms with Crippen LogP contribution in [0, 0.1) is 11.7 Å². The number of rotatable bonds is 5. The van der Waals surface area contributed by atoms with Crippen LogP contribution < -0.4 is 15.4 Å². The van der Waals surface area contributed by atoms with Crippen LogP contribution in [0.4, 0.5) is 22.8 Å². The topological polar surface area (TPSA) is 181 Å². The molecule has 0 aromatic heterocycles. The third-order valence-electron chi connectivity index (χ3n) is 10.5. The average Bonchev–Trinajstić information content (AvgIpc) is 3.93. The van der Waals surface area contributed by atoms with E-state index in [9.17, 15) is 36.8 Å². The Hall–Kier alpha value is -4.09. The lowest BCUT2D eigenvalue weighted by molar-refractivity contribution is -0.141. The van der Waals surface area contributed by atoms with Gasteiger partial charge in [-0.05, 0) is 83.3 Å². The molecule has 5 aliphatic rings. The van der Waals surface area contributed by atoms with Crippen molar-refractivity contribution in [1.82, 2.24) is 25.2 Å². The third-order valence-corrected chi connectivity index (χ3v) is 12.3. The van der Waals surface area contributed by atoms with Crippen molar-refractivity contribution < 1.29 is 55.0 Å². The highest BCUT2D eigenvalue weighted by molar-refractivity contribution is 7.91. The number of ether oxygens (including phenoxy) is 2. The number of alkyl halides is 2. The molecule has 0 radical (unpaired) electrons. The lowest BCUT2D eigenvalue weighted by atomic mass is 10.00. The van der Waals surface area contributed by atoms with E-state index in [-0.39, 0.29) is 58.2 Å². The SMILES string of the molecule is CC(C)(C)OC(=O)N[C@@H]1CCCC(F)(F)CCC[C@@H]2C[C@@]2(C(=O)NS(=O)(=O)C2CC2)NC(=O)[C@@H]2C[C@@H](OC(=O)N3Cc4cccc(F)c4C3)CN2C1=O. The first-order valence-corrected chi connectivity index (χ1v) is 19.6. The summed E-state index contributed by atoms with van der Waals surface area (Å²) >= 11 is 0. The predicted molar refractivity (Wildman–Crippen MR) is 181 cm³/mol. The fourth-order valence-electron chi connectivity index (χ4n) is 7.46. The highest BCUT2D eigenvalue weighted by Crippen LogP contribution is 2.48. The van der Waals surface area contributed by atoms with Gasteiger partial charge in [-0.3, -0.25) is 24.0 Å². The van der Waals surface area contributed by atoms with E-state index in [4.69, 9.17) is 9.47 Å². The quantitative estimate of drug-likeness (QED) is 0.403. The van der Waals surface area contributed by atoms with Crippen molar-refractivity contribution in [2.45, 2.75) is 139 Å². The molecule has 1 aromatic rings. The van der Waals surface area contributed by atoms with E-state index in [0.717, 1.165) is 4.90 Å². The van der Waals surface area contributed by atoms with Gasteiger partial charge in [-0.25, -0.2) is 31.2 Å².